The molecule has 0 saturated heterocycles. The highest BCUT2D eigenvalue weighted by molar-refractivity contribution is 6.25. The van der Waals surface area contributed by atoms with Gasteiger partial charge in [-0.25, -0.2) is 0 Å². The Hall–Kier alpha value is -3.77. The molecule has 0 amide bonds. The minimum Gasteiger partial charge on any atom is -0.491 e. The molecule has 166 valence electrons. The Kier molecular flexibility index (Phi) is 5.52. The smallest absolute Gasteiger partial charge is 0.194 e. The number of nitrogens with zero attached hydrogens (tertiary/aromatic N) is 2. The second-order valence-corrected chi connectivity index (χ2v) is 8.42. The normalized spacial score (nSPS) is 13.1. The topological polar surface area (TPSA) is 81.4 Å². The van der Waals surface area contributed by atoms with Crippen LogP contribution < -0.4 is 4.74 Å². The third-order valence-electron chi connectivity index (χ3n) is 5.96. The summed E-state index contributed by atoms with van der Waals surface area (Å²) in [5, 5.41) is 16.2. The van der Waals surface area contributed by atoms with Crippen molar-refractivity contribution in [1.29, 1.82) is 0 Å². The zero-order valence-electron chi connectivity index (χ0n) is 18.3. The van der Waals surface area contributed by atoms with Gasteiger partial charge < -0.3 is 14.6 Å². The number of carbonyl (C=O) groups is 2. The van der Waals surface area contributed by atoms with Crippen LogP contribution in [-0.2, 0) is 17.8 Å². The molecule has 1 heterocycles. The van der Waals surface area contributed by atoms with Crippen molar-refractivity contribution >= 4 is 22.5 Å². The van der Waals surface area contributed by atoms with E-state index in [1.807, 2.05) is 66.7 Å². The average molecular weight is 440 g/mol. The molecule has 3 aromatic carbocycles. The Balaban J connectivity index is 1.32. The second-order valence-electron chi connectivity index (χ2n) is 8.42. The molecular weight excluding hydrogens is 416 g/mol. The fraction of sp³-hybridized carbons (Fsp3) is 0.222. The van der Waals surface area contributed by atoms with E-state index < -0.39 is 6.10 Å². The van der Waals surface area contributed by atoms with E-state index in [2.05, 4.69) is 0 Å². The maximum atomic E-state index is 13.0. The Labute approximate surface area is 191 Å². The summed E-state index contributed by atoms with van der Waals surface area (Å²) < 4.78 is 7.52. The zero-order valence-corrected chi connectivity index (χ0v) is 18.3. The van der Waals surface area contributed by atoms with Gasteiger partial charge in [-0.05, 0) is 37.1 Å². The van der Waals surface area contributed by atoms with Crippen LogP contribution in [0.15, 0.2) is 66.7 Å². The van der Waals surface area contributed by atoms with E-state index in [1.54, 1.807) is 11.6 Å². The highest BCUT2D eigenvalue weighted by Crippen LogP contribution is 2.38. The molecule has 33 heavy (non-hydrogen) atoms. The molecule has 0 unspecified atom stereocenters. The van der Waals surface area contributed by atoms with Gasteiger partial charge in [0.05, 0.1) is 12.1 Å². The highest BCUT2D eigenvalue weighted by Gasteiger charge is 2.28. The van der Waals surface area contributed by atoms with Crippen molar-refractivity contribution in [1.82, 2.24) is 9.78 Å². The minimum absolute atomic E-state index is 0.00104. The second kappa shape index (κ2) is 8.64. The van der Waals surface area contributed by atoms with E-state index in [9.17, 15) is 14.7 Å². The predicted octanol–water partition coefficient (Wildman–Crippen LogP) is 4.21. The van der Waals surface area contributed by atoms with E-state index in [-0.39, 0.29) is 24.7 Å². The summed E-state index contributed by atoms with van der Waals surface area (Å²) in [7, 11) is 0. The van der Waals surface area contributed by atoms with Crippen molar-refractivity contribution in [3.8, 4) is 17.0 Å². The van der Waals surface area contributed by atoms with Gasteiger partial charge in [-0.1, -0.05) is 48.5 Å². The molecule has 6 nitrogen and oxygen atoms in total. The van der Waals surface area contributed by atoms with Crippen LogP contribution >= 0.6 is 0 Å². The average Bonchev–Trinajstić information content (AvgIpc) is 3.19. The number of ketones is 2. The maximum absolute atomic E-state index is 13.0. The molecule has 0 saturated carbocycles. The standard InChI is InChI=1S/C27H24N2O4/c1-17(30)9-10-18-11-13-20(14-12-18)33-16-19(31)15-29-24-8-4-7-23-25(24)26(28-29)21-5-2-3-6-22(21)27(23)32/h2-8,11-14,19,31H,9-10,15-16H2,1H3/t19-/m0/s1. The number of hydrogen-bond donors (Lipinski definition) is 1. The first-order chi connectivity index (χ1) is 16.0. The fourth-order valence-corrected chi connectivity index (χ4v) is 4.30. The molecule has 1 aromatic heterocycles. The summed E-state index contributed by atoms with van der Waals surface area (Å²) in [5.41, 5.74) is 4.77. The summed E-state index contributed by atoms with van der Waals surface area (Å²) in [4.78, 5) is 24.1. The zero-order chi connectivity index (χ0) is 22.9. The molecule has 0 aliphatic heterocycles. The molecule has 6 heteroatoms. The SMILES string of the molecule is CC(=O)CCc1ccc(OC[C@@H](O)Cn2nc3c4c(cccc42)C(=O)c2ccccc2-3)cc1. The molecule has 0 spiro atoms. The first-order valence-corrected chi connectivity index (χ1v) is 11.0. The van der Waals surface area contributed by atoms with Crippen LogP contribution in [0.4, 0.5) is 0 Å². The van der Waals surface area contributed by atoms with Crippen molar-refractivity contribution < 1.29 is 19.4 Å². The van der Waals surface area contributed by atoms with Crippen LogP contribution in [0.25, 0.3) is 22.2 Å². The summed E-state index contributed by atoms with van der Waals surface area (Å²) >= 11 is 0. The monoisotopic (exact) mass is 440 g/mol. The number of hydrogen-bond acceptors (Lipinski definition) is 5. The van der Waals surface area contributed by atoms with Crippen LogP contribution in [0.1, 0.15) is 34.8 Å². The van der Waals surface area contributed by atoms with E-state index in [4.69, 9.17) is 9.84 Å². The molecule has 4 aromatic rings. The maximum Gasteiger partial charge on any atom is 0.194 e. The predicted molar refractivity (Wildman–Crippen MR) is 126 cm³/mol. The molecule has 0 radical (unpaired) electrons. The lowest BCUT2D eigenvalue weighted by Crippen LogP contribution is -2.24. The van der Waals surface area contributed by atoms with Crippen molar-refractivity contribution in [2.24, 2.45) is 0 Å². The number of aryl methyl sites for hydroxylation is 1. The molecule has 5 rings (SSSR count). The summed E-state index contributed by atoms with van der Waals surface area (Å²) in [6.07, 6.45) is 0.450. The number of benzene rings is 3. The van der Waals surface area contributed by atoms with Gasteiger partial charge in [0.2, 0.25) is 0 Å². The third kappa shape index (κ3) is 4.05. The number of ether oxygens (including phenoxy) is 1. The van der Waals surface area contributed by atoms with Gasteiger partial charge >= 0.3 is 0 Å². The van der Waals surface area contributed by atoms with Crippen molar-refractivity contribution in [2.75, 3.05) is 6.61 Å². The number of aliphatic hydroxyl groups is 1. The molecule has 1 N–H and O–H groups in total. The van der Waals surface area contributed by atoms with Gasteiger partial charge in [0, 0.05) is 28.5 Å². The molecular formula is C27H24N2O4. The van der Waals surface area contributed by atoms with Crippen LogP contribution in [-0.4, -0.2) is 39.2 Å². The lowest BCUT2D eigenvalue weighted by atomic mass is 9.87. The van der Waals surface area contributed by atoms with Gasteiger partial charge in [0.1, 0.15) is 29.9 Å². The number of rotatable bonds is 8. The Morgan fingerprint density at radius 2 is 1.73 bits per heavy atom. The van der Waals surface area contributed by atoms with Gasteiger partial charge in [0.25, 0.3) is 0 Å². The largest absolute Gasteiger partial charge is 0.491 e. The number of fused-ring (bicyclic) bond motifs is 2. The summed E-state index contributed by atoms with van der Waals surface area (Å²) in [6, 6.07) is 20.7. The van der Waals surface area contributed by atoms with Gasteiger partial charge in [-0.15, -0.1) is 0 Å². The Morgan fingerprint density at radius 1 is 1.00 bits per heavy atom. The molecule has 1 aliphatic rings. The molecule has 0 bridgehead atoms. The number of aromatic nitrogens is 2. The molecule has 0 fully saturated rings. The Morgan fingerprint density at radius 3 is 2.48 bits per heavy atom. The number of carbonyl (C=O) groups excluding carboxylic acids is 2. The minimum atomic E-state index is -0.784. The summed E-state index contributed by atoms with van der Waals surface area (Å²) in [5.74, 6) is 0.827. The van der Waals surface area contributed by atoms with Crippen molar-refractivity contribution in [3.63, 3.8) is 0 Å². The number of aliphatic hydroxyl groups excluding tert-OH is 1. The van der Waals surface area contributed by atoms with Gasteiger partial charge in [-0.2, -0.15) is 5.10 Å². The molecule has 1 aliphatic carbocycles. The van der Waals surface area contributed by atoms with E-state index in [1.165, 1.54) is 0 Å². The quantitative estimate of drug-likeness (QED) is 0.391. The lowest BCUT2D eigenvalue weighted by molar-refractivity contribution is -0.116. The van der Waals surface area contributed by atoms with Crippen LogP contribution in [0.5, 0.6) is 5.75 Å². The third-order valence-corrected chi connectivity index (χ3v) is 5.96. The fourth-order valence-electron chi connectivity index (χ4n) is 4.30. The number of Topliss-reactive ketones (excluding diaryl/α,β-unsaturated/α-hetero) is 1. The van der Waals surface area contributed by atoms with Crippen LogP contribution in [0.2, 0.25) is 0 Å². The highest BCUT2D eigenvalue weighted by atomic mass is 16.5. The van der Waals surface area contributed by atoms with E-state index in [0.717, 1.165) is 27.7 Å². The van der Waals surface area contributed by atoms with Gasteiger partial charge in [-0.3, -0.25) is 9.48 Å². The van der Waals surface area contributed by atoms with Crippen LogP contribution in [0, 0.1) is 0 Å². The molecule has 1 atom stereocenters. The van der Waals surface area contributed by atoms with Crippen LogP contribution in [0.3, 0.4) is 0 Å². The lowest BCUT2D eigenvalue weighted by Gasteiger charge is -2.14. The van der Waals surface area contributed by atoms with E-state index >= 15 is 0 Å². The Bertz CT molecular complexity index is 1350. The first-order valence-electron chi connectivity index (χ1n) is 11.0. The van der Waals surface area contributed by atoms with E-state index in [0.29, 0.717) is 29.7 Å². The first kappa shape index (κ1) is 21.1. The van der Waals surface area contributed by atoms with Crippen molar-refractivity contribution in [2.45, 2.75) is 32.4 Å². The summed E-state index contributed by atoms with van der Waals surface area (Å²) in [6.45, 7) is 1.94. The van der Waals surface area contributed by atoms with Gasteiger partial charge in [0.15, 0.2) is 5.78 Å². The van der Waals surface area contributed by atoms with Crippen molar-refractivity contribution in [3.05, 3.63) is 83.4 Å².